The minimum atomic E-state index is -2.69. The molecule has 3 rings (SSSR count). The van der Waals surface area contributed by atoms with Crippen molar-refractivity contribution in [3.8, 4) is 35.1 Å². The van der Waals surface area contributed by atoms with Gasteiger partial charge in [-0.3, -0.25) is 0 Å². The van der Waals surface area contributed by atoms with Gasteiger partial charge in [-0.25, -0.2) is 31.6 Å². The Labute approximate surface area is 203 Å². The summed E-state index contributed by atoms with van der Waals surface area (Å²) < 4.78 is 152. The van der Waals surface area contributed by atoms with Crippen molar-refractivity contribution in [2.24, 2.45) is 0 Å². The van der Waals surface area contributed by atoms with E-state index in [1.54, 1.807) is 0 Å². The van der Waals surface area contributed by atoms with Crippen LogP contribution in [-0.2, 0) is 0 Å². The third-order valence-electron chi connectivity index (χ3n) is 4.55. The second kappa shape index (κ2) is 9.88. The van der Waals surface area contributed by atoms with Crippen LogP contribution in [0, 0.1) is 94.0 Å². The molecule has 0 atom stereocenters. The highest BCUT2D eigenvalue weighted by Crippen LogP contribution is 2.46. The zero-order valence-corrected chi connectivity index (χ0v) is 17.4. The maximum Gasteiger partial charge on any atom is 0.236 e. The molecule has 0 fully saturated rings. The molecule has 190 valence electrons. The molecular formula is C22F10N4O2. The fourth-order valence-electron chi connectivity index (χ4n) is 2.82. The standard InChI is InChI=1S/C22F10N4O2/c1-35-17-9(25)11(27)22(16(32)18(17)36-2)38-21-14(30)12(28)20(13(29)15(21)31)37-19-8(24)6(4-34)5(3-33)7(23)10(19)26. The molecule has 6 nitrogen and oxygen atoms in total. The molecule has 0 aliphatic heterocycles. The maximum absolute atomic E-state index is 14.5. The van der Waals surface area contributed by atoms with E-state index in [1.165, 1.54) is 0 Å². The average Bonchev–Trinajstić information content (AvgIpc) is 2.90. The third-order valence-corrected chi connectivity index (χ3v) is 4.55. The van der Waals surface area contributed by atoms with E-state index in [2.05, 4.69) is 19.2 Å². The molecule has 0 radical (unpaired) electrons. The van der Waals surface area contributed by atoms with Gasteiger partial charge in [0.25, 0.3) is 0 Å². The van der Waals surface area contributed by atoms with Crippen LogP contribution < -0.4 is 9.47 Å². The number of hydrogen-bond donors (Lipinski definition) is 0. The van der Waals surface area contributed by atoms with Crippen LogP contribution in [0.2, 0.25) is 0 Å². The first-order valence-electron chi connectivity index (χ1n) is 9.05. The van der Waals surface area contributed by atoms with Crippen LogP contribution >= 0.6 is 0 Å². The number of hydrogen-bond acceptors (Lipinski definition) is 4. The van der Waals surface area contributed by atoms with E-state index >= 15 is 0 Å². The normalized spacial score (nSPS) is 10.3. The van der Waals surface area contributed by atoms with E-state index in [9.17, 15) is 43.9 Å². The monoisotopic (exact) mass is 542 g/mol. The Balaban J connectivity index is 2.23. The molecule has 0 N–H and O–H groups in total. The Morgan fingerprint density at radius 2 is 0.737 bits per heavy atom. The van der Waals surface area contributed by atoms with E-state index in [-0.39, 0.29) is 0 Å². The van der Waals surface area contributed by atoms with Crippen molar-refractivity contribution < 1.29 is 53.4 Å². The summed E-state index contributed by atoms with van der Waals surface area (Å²) in [6.45, 7) is 13.4. The van der Waals surface area contributed by atoms with Gasteiger partial charge in [-0.05, 0) is 0 Å². The smallest absolute Gasteiger partial charge is 0.236 e. The largest absolute Gasteiger partial charge is 0.446 e. The SMILES string of the molecule is [C-]#[N+]c1c(F)c(F)c(Oc2c(F)c(F)c(Oc3c(F)c(F)c(C#N)c(C#N)c3F)c(F)c2F)c(F)c1[N+]#[C-]. The summed E-state index contributed by atoms with van der Waals surface area (Å²) in [6, 6.07) is 1.90. The third kappa shape index (κ3) is 3.91. The summed E-state index contributed by atoms with van der Waals surface area (Å²) in [6.07, 6.45) is 0. The van der Waals surface area contributed by atoms with E-state index < -0.39 is 104 Å². The molecule has 3 aromatic rings. The van der Waals surface area contributed by atoms with Gasteiger partial charge in [0, 0.05) is 0 Å². The average molecular weight is 542 g/mol. The zero-order valence-electron chi connectivity index (χ0n) is 17.4. The van der Waals surface area contributed by atoms with Crippen LogP contribution in [0.3, 0.4) is 0 Å². The second-order valence-electron chi connectivity index (χ2n) is 6.55. The number of halogens is 10. The molecule has 0 saturated heterocycles. The van der Waals surface area contributed by atoms with Crippen molar-refractivity contribution in [1.82, 2.24) is 0 Å². The zero-order chi connectivity index (χ0) is 28.6. The van der Waals surface area contributed by atoms with E-state index in [1.807, 2.05) is 0 Å². The predicted molar refractivity (Wildman–Crippen MR) is 101 cm³/mol. The predicted octanol–water partition coefficient (Wildman–Crippen LogP) is 7.51. The molecule has 38 heavy (non-hydrogen) atoms. The van der Waals surface area contributed by atoms with Gasteiger partial charge in [-0.1, -0.05) is 0 Å². The molecule has 0 aromatic heterocycles. The molecule has 3 aromatic carbocycles. The highest BCUT2D eigenvalue weighted by Gasteiger charge is 2.35. The molecule has 0 heterocycles. The van der Waals surface area contributed by atoms with Crippen molar-refractivity contribution in [1.29, 1.82) is 10.5 Å². The van der Waals surface area contributed by atoms with Crippen LogP contribution in [0.1, 0.15) is 11.1 Å². The van der Waals surface area contributed by atoms with Crippen LogP contribution in [0.4, 0.5) is 55.3 Å². The molecule has 0 spiro atoms. The van der Waals surface area contributed by atoms with Gasteiger partial charge in [0.15, 0.2) is 34.8 Å². The Hall–Kier alpha value is -5.48. The summed E-state index contributed by atoms with van der Waals surface area (Å²) in [4.78, 5) is 4.79. The van der Waals surface area contributed by atoms with Crippen molar-refractivity contribution in [3.05, 3.63) is 92.1 Å². The van der Waals surface area contributed by atoms with Gasteiger partial charge in [-0.15, -0.1) is 0 Å². The van der Waals surface area contributed by atoms with Gasteiger partial charge in [0.05, 0.1) is 13.1 Å². The molecule has 16 heteroatoms. The Morgan fingerprint density at radius 1 is 0.447 bits per heavy atom. The Bertz CT molecular complexity index is 1570. The fraction of sp³-hybridized carbons (Fsp3) is 0. The van der Waals surface area contributed by atoms with Crippen molar-refractivity contribution in [3.63, 3.8) is 0 Å². The highest BCUT2D eigenvalue weighted by molar-refractivity contribution is 5.74. The molecule has 0 aliphatic rings. The second-order valence-corrected chi connectivity index (χ2v) is 6.55. The molecule has 0 unspecified atom stereocenters. The summed E-state index contributed by atoms with van der Waals surface area (Å²) in [5, 5.41) is 17.6. The summed E-state index contributed by atoms with van der Waals surface area (Å²) in [5.74, 6) is -33.3. The Morgan fingerprint density at radius 3 is 1.13 bits per heavy atom. The molecule has 0 amide bonds. The van der Waals surface area contributed by atoms with Gasteiger partial charge in [-0.2, -0.15) is 32.5 Å². The van der Waals surface area contributed by atoms with Gasteiger partial charge >= 0.3 is 0 Å². The van der Waals surface area contributed by atoms with Crippen molar-refractivity contribution in [2.75, 3.05) is 0 Å². The summed E-state index contributed by atoms with van der Waals surface area (Å²) >= 11 is 0. The van der Waals surface area contributed by atoms with E-state index in [0.29, 0.717) is 0 Å². The van der Waals surface area contributed by atoms with Crippen LogP contribution in [-0.4, -0.2) is 0 Å². The van der Waals surface area contributed by atoms with Crippen LogP contribution in [0.25, 0.3) is 9.69 Å². The van der Waals surface area contributed by atoms with Crippen LogP contribution in [0.15, 0.2) is 0 Å². The molecule has 0 bridgehead atoms. The number of ether oxygens (including phenoxy) is 2. The van der Waals surface area contributed by atoms with Crippen molar-refractivity contribution in [2.45, 2.75) is 0 Å². The number of benzene rings is 3. The topological polar surface area (TPSA) is 74.8 Å². The lowest BCUT2D eigenvalue weighted by Crippen LogP contribution is -2.08. The fourth-order valence-corrected chi connectivity index (χ4v) is 2.82. The number of rotatable bonds is 4. The lowest BCUT2D eigenvalue weighted by atomic mass is 10.1. The molecule has 0 saturated carbocycles. The van der Waals surface area contributed by atoms with Gasteiger partial charge < -0.3 is 9.47 Å². The lowest BCUT2D eigenvalue weighted by molar-refractivity contribution is 0.304. The lowest BCUT2D eigenvalue weighted by Gasteiger charge is -2.16. The quantitative estimate of drug-likeness (QED) is 0.194. The van der Waals surface area contributed by atoms with E-state index in [4.69, 9.17) is 23.7 Å². The molecular weight excluding hydrogens is 542 g/mol. The Kier molecular flexibility index (Phi) is 7.05. The minimum Gasteiger partial charge on any atom is -0.446 e. The summed E-state index contributed by atoms with van der Waals surface area (Å²) in [7, 11) is 0. The van der Waals surface area contributed by atoms with E-state index in [0.717, 1.165) is 12.1 Å². The molecule has 0 aliphatic carbocycles. The maximum atomic E-state index is 14.5. The first kappa shape index (κ1) is 27.1. The highest BCUT2D eigenvalue weighted by atomic mass is 19.2. The summed E-state index contributed by atoms with van der Waals surface area (Å²) in [5.41, 5.74) is -5.98. The van der Waals surface area contributed by atoms with Gasteiger partial charge in [0.2, 0.25) is 57.7 Å². The minimum absolute atomic E-state index is 0.947. The van der Waals surface area contributed by atoms with Crippen LogP contribution in [0.5, 0.6) is 23.0 Å². The first-order chi connectivity index (χ1) is 17.9. The first-order valence-corrected chi connectivity index (χ1v) is 9.05. The number of nitrogens with zero attached hydrogens (tertiary/aromatic N) is 4. The number of nitriles is 2. The van der Waals surface area contributed by atoms with Gasteiger partial charge in [0.1, 0.15) is 23.3 Å². The van der Waals surface area contributed by atoms with Crippen molar-refractivity contribution >= 4 is 11.4 Å².